The van der Waals surface area contributed by atoms with Crippen LogP contribution >= 0.6 is 11.6 Å². The smallest absolute Gasteiger partial charge is 0.416 e. The molecule has 1 aromatic carbocycles. The zero-order valence-electron chi connectivity index (χ0n) is 15.3. The third kappa shape index (κ3) is 4.84. The number of carbonyl (C=O) groups excluding carboxylic acids is 1. The van der Waals surface area contributed by atoms with Gasteiger partial charge in [-0.2, -0.15) is 13.2 Å². The molecule has 1 heterocycles. The van der Waals surface area contributed by atoms with Crippen molar-refractivity contribution in [3.63, 3.8) is 0 Å². The number of hydrogen-bond donors (Lipinski definition) is 1. The number of halogens is 4. The molecule has 1 saturated carbocycles. The lowest BCUT2D eigenvalue weighted by atomic mass is 10.1. The molecule has 0 spiro atoms. The van der Waals surface area contributed by atoms with Crippen LogP contribution in [0.2, 0.25) is 5.02 Å². The topological polar surface area (TPSA) is 83.4 Å². The minimum Gasteiger partial charge on any atom is -0.476 e. The fourth-order valence-electron chi connectivity index (χ4n) is 3.01. The van der Waals surface area contributed by atoms with E-state index < -0.39 is 29.7 Å². The van der Waals surface area contributed by atoms with Gasteiger partial charge in [0.2, 0.25) is 0 Å². The molecular weight excluding hydrogens is 411 g/mol. The van der Waals surface area contributed by atoms with E-state index in [1.807, 2.05) is 0 Å². The quantitative estimate of drug-likeness (QED) is 0.735. The number of hydrogen-bond acceptors (Lipinski definition) is 4. The molecule has 1 atom stereocenters. The van der Waals surface area contributed by atoms with Gasteiger partial charge in [0, 0.05) is 29.5 Å². The Morgan fingerprint density at radius 3 is 2.48 bits per heavy atom. The van der Waals surface area contributed by atoms with E-state index in [1.165, 1.54) is 23.4 Å². The Morgan fingerprint density at radius 2 is 1.90 bits per heavy atom. The minimum atomic E-state index is -4.66. The summed E-state index contributed by atoms with van der Waals surface area (Å²) in [4.78, 5) is 33.8. The van der Waals surface area contributed by atoms with Gasteiger partial charge >= 0.3 is 12.1 Å². The van der Waals surface area contributed by atoms with Crippen LogP contribution in [-0.4, -0.2) is 38.4 Å². The van der Waals surface area contributed by atoms with Crippen LogP contribution in [-0.2, 0) is 6.18 Å². The second-order valence-electron chi connectivity index (χ2n) is 6.90. The first-order valence-corrected chi connectivity index (χ1v) is 9.18. The van der Waals surface area contributed by atoms with Gasteiger partial charge < -0.3 is 10.0 Å². The summed E-state index contributed by atoms with van der Waals surface area (Å²) in [5.74, 6) is -1.78. The van der Waals surface area contributed by atoms with Crippen LogP contribution < -0.4 is 0 Å². The van der Waals surface area contributed by atoms with Gasteiger partial charge in [-0.25, -0.2) is 9.78 Å². The monoisotopic (exact) mass is 427 g/mol. The molecule has 154 valence electrons. The zero-order valence-corrected chi connectivity index (χ0v) is 16.0. The van der Waals surface area contributed by atoms with Crippen LogP contribution in [0.3, 0.4) is 0 Å². The molecule has 0 saturated heterocycles. The van der Waals surface area contributed by atoms with Crippen LogP contribution in [0.25, 0.3) is 0 Å². The van der Waals surface area contributed by atoms with E-state index in [-0.39, 0.29) is 34.4 Å². The fraction of sp³-hybridized carbons (Fsp3) is 0.368. The van der Waals surface area contributed by atoms with E-state index in [9.17, 15) is 27.9 Å². The number of carboxylic acids is 1. The van der Waals surface area contributed by atoms with Crippen molar-refractivity contribution in [2.75, 3.05) is 6.54 Å². The second-order valence-corrected chi connectivity index (χ2v) is 7.33. The molecule has 10 heteroatoms. The Bertz CT molecular complexity index is 948. The second kappa shape index (κ2) is 7.98. The number of rotatable bonds is 6. The van der Waals surface area contributed by atoms with Gasteiger partial charge in [0.05, 0.1) is 17.3 Å². The van der Waals surface area contributed by atoms with Crippen molar-refractivity contribution in [3.8, 4) is 0 Å². The molecule has 2 aromatic rings. The summed E-state index contributed by atoms with van der Waals surface area (Å²) in [6.07, 6.45) is -0.370. The van der Waals surface area contributed by atoms with Crippen molar-refractivity contribution in [3.05, 3.63) is 58.1 Å². The Labute approximate surface area is 169 Å². The van der Waals surface area contributed by atoms with E-state index in [4.69, 9.17) is 11.6 Å². The number of nitrogens with zero attached hydrogens (tertiary/aromatic N) is 3. The summed E-state index contributed by atoms with van der Waals surface area (Å²) in [6.45, 7) is 1.84. The standard InChI is InChI=1S/C19H17ClF3N3O3/c1-10(15-16(18(28)29)25-5-4-24-15)26(9-11-2-3-11)17(27)12-6-13(19(21,22)23)8-14(20)7-12/h4-8,10-11H,2-3,9H2,1H3,(H,28,29). The number of carbonyl (C=O) groups is 2. The van der Waals surface area contributed by atoms with Gasteiger partial charge in [-0.05, 0) is 43.9 Å². The summed E-state index contributed by atoms with van der Waals surface area (Å²) in [5.41, 5.74) is -1.50. The maximum atomic E-state index is 13.1. The van der Waals surface area contributed by atoms with Crippen molar-refractivity contribution >= 4 is 23.5 Å². The molecule has 6 nitrogen and oxygen atoms in total. The first-order chi connectivity index (χ1) is 13.6. The molecule has 3 rings (SSSR count). The van der Waals surface area contributed by atoms with Crippen LogP contribution in [0.15, 0.2) is 30.6 Å². The zero-order chi connectivity index (χ0) is 21.3. The highest BCUT2D eigenvalue weighted by Gasteiger charge is 2.35. The maximum absolute atomic E-state index is 13.1. The predicted octanol–water partition coefficient (Wildman–Crippen LogP) is 4.46. The summed E-state index contributed by atoms with van der Waals surface area (Å²) < 4.78 is 39.4. The fourth-order valence-corrected chi connectivity index (χ4v) is 3.24. The molecule has 0 aliphatic heterocycles. The number of aromatic nitrogens is 2. The van der Waals surface area contributed by atoms with Gasteiger partial charge in [-0.1, -0.05) is 11.6 Å². The van der Waals surface area contributed by atoms with E-state index in [2.05, 4.69) is 9.97 Å². The molecule has 1 amide bonds. The van der Waals surface area contributed by atoms with Crippen molar-refractivity contribution in [1.29, 1.82) is 0 Å². The van der Waals surface area contributed by atoms with Crippen LogP contribution in [0, 0.1) is 5.92 Å². The molecule has 1 fully saturated rings. The lowest BCUT2D eigenvalue weighted by molar-refractivity contribution is -0.137. The Morgan fingerprint density at radius 1 is 1.24 bits per heavy atom. The molecule has 1 aliphatic rings. The van der Waals surface area contributed by atoms with Gasteiger partial charge in [0.1, 0.15) is 0 Å². The van der Waals surface area contributed by atoms with Crippen LogP contribution in [0.4, 0.5) is 13.2 Å². The SMILES string of the molecule is CC(c1nccnc1C(=O)O)N(CC1CC1)C(=O)c1cc(Cl)cc(C(F)(F)F)c1. The predicted molar refractivity (Wildman–Crippen MR) is 97.6 cm³/mol. The normalized spacial score (nSPS) is 15.1. The van der Waals surface area contributed by atoms with E-state index in [0.29, 0.717) is 0 Å². The van der Waals surface area contributed by atoms with Crippen LogP contribution in [0.1, 0.15) is 57.9 Å². The van der Waals surface area contributed by atoms with E-state index >= 15 is 0 Å². The first kappa shape index (κ1) is 21.0. The molecule has 29 heavy (non-hydrogen) atoms. The summed E-state index contributed by atoms with van der Waals surface area (Å²) >= 11 is 5.82. The lowest BCUT2D eigenvalue weighted by Crippen LogP contribution is -2.36. The summed E-state index contributed by atoms with van der Waals surface area (Å²) in [7, 11) is 0. The molecule has 0 bridgehead atoms. The minimum absolute atomic E-state index is 0.0621. The molecule has 1 N–H and O–H groups in total. The number of aromatic carboxylic acids is 1. The maximum Gasteiger partial charge on any atom is 0.416 e. The number of benzene rings is 1. The Balaban J connectivity index is 2.00. The van der Waals surface area contributed by atoms with Gasteiger partial charge in [-0.3, -0.25) is 9.78 Å². The average Bonchev–Trinajstić information content (AvgIpc) is 3.48. The summed E-state index contributed by atoms with van der Waals surface area (Å²) in [6, 6.07) is 1.85. The van der Waals surface area contributed by atoms with Gasteiger partial charge in [0.25, 0.3) is 5.91 Å². The van der Waals surface area contributed by atoms with E-state index in [0.717, 1.165) is 25.0 Å². The molecule has 1 unspecified atom stereocenters. The van der Waals surface area contributed by atoms with Crippen molar-refractivity contribution in [2.24, 2.45) is 5.92 Å². The Hall–Kier alpha value is -2.68. The number of amides is 1. The number of carboxylic acid groups (broad SMARTS) is 1. The lowest BCUT2D eigenvalue weighted by Gasteiger charge is -2.30. The highest BCUT2D eigenvalue weighted by molar-refractivity contribution is 6.31. The first-order valence-electron chi connectivity index (χ1n) is 8.81. The summed E-state index contributed by atoms with van der Waals surface area (Å²) in [5, 5.41) is 9.15. The molecular formula is C19H17ClF3N3O3. The van der Waals surface area contributed by atoms with Crippen molar-refractivity contribution in [1.82, 2.24) is 14.9 Å². The highest BCUT2D eigenvalue weighted by atomic mass is 35.5. The van der Waals surface area contributed by atoms with Crippen LogP contribution in [0.5, 0.6) is 0 Å². The molecule has 1 aromatic heterocycles. The molecule has 0 radical (unpaired) electrons. The molecule has 1 aliphatic carbocycles. The number of alkyl halides is 3. The largest absolute Gasteiger partial charge is 0.476 e. The third-order valence-corrected chi connectivity index (χ3v) is 4.90. The Kier molecular flexibility index (Phi) is 5.79. The van der Waals surface area contributed by atoms with Gasteiger partial charge in [0.15, 0.2) is 5.69 Å². The van der Waals surface area contributed by atoms with Crippen molar-refractivity contribution in [2.45, 2.75) is 32.0 Å². The third-order valence-electron chi connectivity index (χ3n) is 4.68. The van der Waals surface area contributed by atoms with Crippen molar-refractivity contribution < 1.29 is 27.9 Å². The highest BCUT2D eigenvalue weighted by Crippen LogP contribution is 2.36. The van der Waals surface area contributed by atoms with E-state index in [1.54, 1.807) is 6.92 Å². The average molecular weight is 428 g/mol. The van der Waals surface area contributed by atoms with Gasteiger partial charge in [-0.15, -0.1) is 0 Å².